The van der Waals surface area contributed by atoms with E-state index in [1.165, 1.54) is 46.9 Å². The van der Waals surface area contributed by atoms with Crippen molar-refractivity contribution in [3.8, 4) is 5.88 Å². The van der Waals surface area contributed by atoms with E-state index >= 15 is 0 Å². The van der Waals surface area contributed by atoms with Gasteiger partial charge in [0.05, 0.1) is 17.3 Å². The number of rotatable bonds is 6. The first-order chi connectivity index (χ1) is 14.0. The summed E-state index contributed by atoms with van der Waals surface area (Å²) < 4.78 is 62.6. The predicted molar refractivity (Wildman–Crippen MR) is 105 cm³/mol. The lowest BCUT2D eigenvalue weighted by molar-refractivity contribution is 0.0490. The summed E-state index contributed by atoms with van der Waals surface area (Å²) >= 11 is 6.32. The van der Waals surface area contributed by atoms with E-state index in [0.29, 0.717) is 5.69 Å². The number of ether oxygens (including phenoxy) is 1. The van der Waals surface area contributed by atoms with Crippen molar-refractivity contribution in [1.29, 1.82) is 0 Å². The molecular weight excluding hydrogens is 440 g/mol. The normalized spacial score (nSPS) is 25.3. The standard InChI is InChI=1S/C18H20ClF2N5O3S/c1-12-13(9-22-24(12)3)30(27,28)26-14(19)5-4-6-16(26)25-8-7-15(23-25)29-11-17(2)10-18(17,20)21/h4-9,14H,10-11H2,1-3H3. The Labute approximate surface area is 177 Å². The molecule has 0 amide bonds. The van der Waals surface area contributed by atoms with Crippen molar-refractivity contribution in [3.63, 3.8) is 0 Å². The van der Waals surface area contributed by atoms with Gasteiger partial charge in [-0.1, -0.05) is 24.6 Å². The van der Waals surface area contributed by atoms with Gasteiger partial charge in [0.1, 0.15) is 22.8 Å². The van der Waals surface area contributed by atoms with E-state index in [1.54, 1.807) is 20.0 Å². The highest BCUT2D eigenvalue weighted by molar-refractivity contribution is 7.89. The highest BCUT2D eigenvalue weighted by Gasteiger charge is 2.68. The number of allylic oxidation sites excluding steroid dienone is 2. The Morgan fingerprint density at radius 1 is 1.40 bits per heavy atom. The van der Waals surface area contributed by atoms with Crippen LogP contribution in [-0.4, -0.2) is 50.3 Å². The van der Waals surface area contributed by atoms with Crippen LogP contribution in [0.1, 0.15) is 19.0 Å². The second-order valence-corrected chi connectivity index (χ2v) is 9.86. The summed E-state index contributed by atoms with van der Waals surface area (Å²) in [7, 11) is -2.41. The average molecular weight is 460 g/mol. The lowest BCUT2D eigenvalue weighted by atomic mass is 10.1. The Morgan fingerprint density at radius 2 is 2.10 bits per heavy atom. The molecule has 1 aliphatic heterocycles. The second-order valence-electron chi connectivity index (χ2n) is 7.63. The van der Waals surface area contributed by atoms with Gasteiger partial charge < -0.3 is 4.74 Å². The molecule has 0 aromatic carbocycles. The van der Waals surface area contributed by atoms with Crippen molar-refractivity contribution in [2.45, 2.75) is 36.6 Å². The first-order valence-corrected chi connectivity index (χ1v) is 11.0. The second kappa shape index (κ2) is 6.81. The van der Waals surface area contributed by atoms with Crippen LogP contribution in [0.4, 0.5) is 8.78 Å². The monoisotopic (exact) mass is 459 g/mol. The fraction of sp³-hybridized carbons (Fsp3) is 0.444. The van der Waals surface area contributed by atoms with Crippen LogP contribution in [0.15, 0.2) is 41.6 Å². The molecule has 2 aliphatic rings. The van der Waals surface area contributed by atoms with Crippen molar-refractivity contribution >= 4 is 27.4 Å². The molecule has 162 valence electrons. The smallest absolute Gasteiger partial charge is 0.270 e. The molecule has 2 aromatic heterocycles. The minimum absolute atomic E-state index is 0.0179. The molecule has 1 saturated carbocycles. The third-order valence-corrected chi connectivity index (χ3v) is 7.75. The third-order valence-electron chi connectivity index (χ3n) is 5.40. The van der Waals surface area contributed by atoms with E-state index in [0.717, 1.165) is 4.31 Å². The summed E-state index contributed by atoms with van der Waals surface area (Å²) in [6.45, 7) is 2.90. The lowest BCUT2D eigenvalue weighted by Crippen LogP contribution is -2.38. The molecule has 0 bridgehead atoms. The molecule has 4 rings (SSSR count). The van der Waals surface area contributed by atoms with Crippen molar-refractivity contribution in [3.05, 3.63) is 42.4 Å². The van der Waals surface area contributed by atoms with Crippen LogP contribution >= 0.6 is 11.6 Å². The predicted octanol–water partition coefficient (Wildman–Crippen LogP) is 2.97. The molecule has 12 heteroatoms. The first kappa shape index (κ1) is 20.9. The number of aryl methyl sites for hydroxylation is 1. The van der Waals surface area contributed by atoms with Crippen LogP contribution in [0.3, 0.4) is 0 Å². The van der Waals surface area contributed by atoms with Gasteiger partial charge in [0.2, 0.25) is 5.88 Å². The van der Waals surface area contributed by atoms with Gasteiger partial charge in [-0.25, -0.2) is 26.2 Å². The Morgan fingerprint density at radius 3 is 2.70 bits per heavy atom. The molecule has 2 atom stereocenters. The number of hydrogen-bond acceptors (Lipinski definition) is 5. The zero-order valence-electron chi connectivity index (χ0n) is 16.5. The first-order valence-electron chi connectivity index (χ1n) is 9.09. The zero-order valence-corrected chi connectivity index (χ0v) is 18.0. The van der Waals surface area contributed by atoms with Crippen molar-refractivity contribution in [2.75, 3.05) is 6.61 Å². The molecule has 2 unspecified atom stereocenters. The molecule has 1 fully saturated rings. The van der Waals surface area contributed by atoms with Crippen molar-refractivity contribution in [2.24, 2.45) is 12.5 Å². The molecule has 3 heterocycles. The summed E-state index contributed by atoms with van der Waals surface area (Å²) in [5, 5.41) is 8.19. The van der Waals surface area contributed by atoms with Gasteiger partial charge in [-0.15, -0.1) is 5.10 Å². The molecule has 8 nitrogen and oxygen atoms in total. The minimum atomic E-state index is -4.05. The maximum atomic E-state index is 13.4. The fourth-order valence-electron chi connectivity index (χ4n) is 3.13. The van der Waals surface area contributed by atoms with E-state index in [4.69, 9.17) is 16.3 Å². The molecule has 0 radical (unpaired) electrons. The van der Waals surface area contributed by atoms with Crippen LogP contribution in [0, 0.1) is 12.3 Å². The number of sulfonamides is 1. The van der Waals surface area contributed by atoms with Crippen LogP contribution in [0.5, 0.6) is 5.88 Å². The minimum Gasteiger partial charge on any atom is -0.476 e. The highest BCUT2D eigenvalue weighted by atomic mass is 35.5. The van der Waals surface area contributed by atoms with E-state index in [-0.39, 0.29) is 29.6 Å². The van der Waals surface area contributed by atoms with Gasteiger partial charge in [-0.2, -0.15) is 5.10 Å². The molecule has 30 heavy (non-hydrogen) atoms. The van der Waals surface area contributed by atoms with Gasteiger partial charge in [-0.3, -0.25) is 4.68 Å². The van der Waals surface area contributed by atoms with Crippen LogP contribution in [0.25, 0.3) is 5.82 Å². The van der Waals surface area contributed by atoms with Crippen molar-refractivity contribution in [1.82, 2.24) is 23.9 Å². The van der Waals surface area contributed by atoms with Gasteiger partial charge in [0.15, 0.2) is 0 Å². The average Bonchev–Trinajstić information content (AvgIpc) is 3.03. The third kappa shape index (κ3) is 3.29. The van der Waals surface area contributed by atoms with E-state index in [2.05, 4.69) is 10.2 Å². The molecule has 0 saturated heterocycles. The zero-order chi connectivity index (χ0) is 21.9. The summed E-state index contributed by atoms with van der Waals surface area (Å²) in [5.74, 6) is -2.47. The van der Waals surface area contributed by atoms with E-state index < -0.39 is 26.9 Å². The summed E-state index contributed by atoms with van der Waals surface area (Å²) in [4.78, 5) is 0.0179. The summed E-state index contributed by atoms with van der Waals surface area (Å²) in [6, 6.07) is 1.48. The van der Waals surface area contributed by atoms with Gasteiger partial charge >= 0.3 is 0 Å². The van der Waals surface area contributed by atoms with Gasteiger partial charge in [0.25, 0.3) is 15.9 Å². The van der Waals surface area contributed by atoms with Crippen LogP contribution in [-0.2, 0) is 17.1 Å². The molecule has 1 aliphatic carbocycles. The van der Waals surface area contributed by atoms with Crippen molar-refractivity contribution < 1.29 is 21.9 Å². The number of aromatic nitrogens is 4. The van der Waals surface area contributed by atoms with Crippen LogP contribution in [0.2, 0.25) is 0 Å². The Kier molecular flexibility index (Phi) is 4.73. The molecule has 0 N–H and O–H groups in total. The number of halogens is 3. The molecular formula is C18H20ClF2N5O3S. The largest absolute Gasteiger partial charge is 0.476 e. The Balaban J connectivity index is 1.61. The van der Waals surface area contributed by atoms with Gasteiger partial charge in [-0.05, 0) is 19.1 Å². The Bertz CT molecular complexity index is 1160. The fourth-order valence-corrected chi connectivity index (χ4v) is 5.25. The quantitative estimate of drug-likeness (QED) is 0.490. The van der Waals surface area contributed by atoms with Gasteiger partial charge in [0, 0.05) is 25.7 Å². The summed E-state index contributed by atoms with van der Waals surface area (Å²) in [5.41, 5.74) is -1.75. The summed E-state index contributed by atoms with van der Waals surface area (Å²) in [6.07, 6.45) is 7.18. The van der Waals surface area contributed by atoms with E-state index in [9.17, 15) is 17.2 Å². The topological polar surface area (TPSA) is 82.2 Å². The molecule has 2 aromatic rings. The highest BCUT2D eigenvalue weighted by Crippen LogP contribution is 2.60. The van der Waals surface area contributed by atoms with Crippen LogP contribution < -0.4 is 4.74 Å². The lowest BCUT2D eigenvalue weighted by Gasteiger charge is -2.30. The number of alkyl halides is 3. The maximum Gasteiger partial charge on any atom is 0.270 e. The number of nitrogens with zero attached hydrogens (tertiary/aromatic N) is 5. The molecule has 0 spiro atoms. The number of hydrogen-bond donors (Lipinski definition) is 0. The SMILES string of the molecule is Cc1c(S(=O)(=O)N2C(n3ccc(OCC4(C)CC4(F)F)n3)=CC=CC2Cl)cnn1C. The maximum absolute atomic E-state index is 13.4. The van der Waals surface area contributed by atoms with E-state index in [1.807, 2.05) is 0 Å². The Hall–Kier alpha value is -2.40.